The molecular formula is C43H84NO8P. The van der Waals surface area contributed by atoms with Crippen LogP contribution in [0.2, 0.25) is 0 Å². The largest absolute Gasteiger partial charge is 0.472 e. The van der Waals surface area contributed by atoms with Crippen molar-refractivity contribution in [1.82, 2.24) is 5.32 Å². The van der Waals surface area contributed by atoms with Gasteiger partial charge in [-0.3, -0.25) is 18.6 Å². The lowest BCUT2D eigenvalue weighted by atomic mass is 10.0. The predicted molar refractivity (Wildman–Crippen MR) is 220 cm³/mol. The average molecular weight is 774 g/mol. The number of carbonyl (C=O) groups is 2. The van der Waals surface area contributed by atoms with Crippen molar-refractivity contribution in [2.75, 3.05) is 26.4 Å². The summed E-state index contributed by atoms with van der Waals surface area (Å²) < 4.78 is 26.8. The van der Waals surface area contributed by atoms with Crippen molar-refractivity contribution in [3.8, 4) is 0 Å². The number of amides is 1. The molecule has 1 amide bonds. The molecule has 0 aromatic heterocycles. The minimum atomic E-state index is -4.41. The number of phosphoric ester groups is 1. The van der Waals surface area contributed by atoms with Crippen molar-refractivity contribution < 1.29 is 37.9 Å². The summed E-state index contributed by atoms with van der Waals surface area (Å²) in [5.41, 5.74) is 0. The second kappa shape index (κ2) is 40.4. The van der Waals surface area contributed by atoms with E-state index in [2.05, 4.69) is 31.3 Å². The Balaban J connectivity index is 3.54. The first-order chi connectivity index (χ1) is 25.8. The van der Waals surface area contributed by atoms with Gasteiger partial charge in [0.25, 0.3) is 0 Å². The number of hydrogen-bond donors (Lipinski definition) is 3. The molecule has 0 rings (SSSR count). The second-order valence-electron chi connectivity index (χ2n) is 15.0. The van der Waals surface area contributed by atoms with Crippen LogP contribution in [0.15, 0.2) is 12.2 Å². The SMILES string of the molecule is CCCCC/C=C\CCCCCCCC(=O)OCC(O)COP(=O)(O)OCCNC(=O)CCCCCCCCCCCCCCCCCCCCCC. The van der Waals surface area contributed by atoms with Crippen LogP contribution in [0.4, 0.5) is 0 Å². The van der Waals surface area contributed by atoms with E-state index in [1.807, 2.05) is 0 Å². The van der Waals surface area contributed by atoms with Crippen molar-refractivity contribution in [2.45, 2.75) is 225 Å². The van der Waals surface area contributed by atoms with Crippen LogP contribution in [-0.2, 0) is 27.9 Å². The van der Waals surface area contributed by atoms with E-state index in [1.54, 1.807) is 0 Å². The lowest BCUT2D eigenvalue weighted by molar-refractivity contribution is -0.147. The van der Waals surface area contributed by atoms with Gasteiger partial charge in [0.2, 0.25) is 5.91 Å². The number of nitrogens with one attached hydrogen (secondary N) is 1. The lowest BCUT2D eigenvalue weighted by Gasteiger charge is -2.15. The number of carbonyl (C=O) groups excluding carboxylic acids is 2. The summed E-state index contributed by atoms with van der Waals surface area (Å²) in [5.74, 6) is -0.517. The quantitative estimate of drug-likeness (QED) is 0.0242. The average Bonchev–Trinajstić information content (AvgIpc) is 3.14. The summed E-state index contributed by atoms with van der Waals surface area (Å²) in [5, 5.41) is 12.7. The summed E-state index contributed by atoms with van der Waals surface area (Å²) >= 11 is 0. The minimum Gasteiger partial charge on any atom is -0.463 e. The number of rotatable bonds is 42. The third-order valence-electron chi connectivity index (χ3n) is 9.70. The van der Waals surface area contributed by atoms with Gasteiger partial charge in [0.15, 0.2) is 0 Å². The molecule has 0 aliphatic rings. The van der Waals surface area contributed by atoms with Crippen molar-refractivity contribution >= 4 is 19.7 Å². The minimum absolute atomic E-state index is 0.0856. The molecule has 2 unspecified atom stereocenters. The Bertz CT molecular complexity index is 886. The Hall–Kier alpha value is -1.25. The number of ether oxygens (including phenoxy) is 1. The van der Waals surface area contributed by atoms with Gasteiger partial charge in [0, 0.05) is 19.4 Å². The molecule has 0 aromatic carbocycles. The maximum absolute atomic E-state index is 12.1. The van der Waals surface area contributed by atoms with Crippen LogP contribution < -0.4 is 5.32 Å². The Kier molecular flexibility index (Phi) is 39.5. The van der Waals surface area contributed by atoms with Crippen LogP contribution in [0, 0.1) is 0 Å². The first kappa shape index (κ1) is 51.8. The van der Waals surface area contributed by atoms with Crippen molar-refractivity contribution in [3.63, 3.8) is 0 Å². The molecule has 9 nitrogen and oxygen atoms in total. The molecule has 0 aliphatic carbocycles. The topological polar surface area (TPSA) is 131 Å². The highest BCUT2D eigenvalue weighted by molar-refractivity contribution is 7.47. The number of unbranched alkanes of at least 4 members (excludes halogenated alkanes) is 27. The maximum Gasteiger partial charge on any atom is 0.472 e. The van der Waals surface area contributed by atoms with Crippen molar-refractivity contribution in [2.24, 2.45) is 0 Å². The zero-order chi connectivity index (χ0) is 38.9. The predicted octanol–water partition coefficient (Wildman–Crippen LogP) is 12.2. The molecule has 0 fully saturated rings. The molecule has 0 heterocycles. The number of phosphoric acid groups is 1. The van der Waals surface area contributed by atoms with Gasteiger partial charge in [-0.15, -0.1) is 0 Å². The molecule has 0 saturated carbocycles. The standard InChI is InChI=1S/C43H84NO8P/c1-3-5-7-9-11-13-15-17-18-19-20-21-22-23-24-25-27-29-31-33-35-42(46)44-37-38-51-53(48,49)52-40-41(45)39-50-43(47)36-34-32-30-28-26-16-14-12-10-8-6-4-2/h12,14,41,45H,3-11,13,15-40H2,1-2H3,(H,44,46)(H,48,49)/b14-12-. The summed E-state index contributed by atoms with van der Waals surface area (Å²) in [6.45, 7) is 3.55. The fraction of sp³-hybridized carbons (Fsp3) is 0.907. The van der Waals surface area contributed by atoms with Crippen molar-refractivity contribution in [3.05, 3.63) is 12.2 Å². The van der Waals surface area contributed by atoms with Crippen molar-refractivity contribution in [1.29, 1.82) is 0 Å². The van der Waals surface area contributed by atoms with Crippen LogP contribution >= 0.6 is 7.82 Å². The Labute approximate surface area is 326 Å². The molecule has 2 atom stereocenters. The molecule has 53 heavy (non-hydrogen) atoms. The smallest absolute Gasteiger partial charge is 0.463 e. The van der Waals surface area contributed by atoms with Gasteiger partial charge in [-0.1, -0.05) is 180 Å². The zero-order valence-electron chi connectivity index (χ0n) is 34.5. The van der Waals surface area contributed by atoms with Crippen LogP contribution in [0.5, 0.6) is 0 Å². The van der Waals surface area contributed by atoms with Crippen LogP contribution in [0.1, 0.15) is 219 Å². The van der Waals surface area contributed by atoms with Gasteiger partial charge in [-0.25, -0.2) is 4.57 Å². The molecule has 0 aromatic rings. The van der Waals surface area contributed by atoms with E-state index >= 15 is 0 Å². The first-order valence-corrected chi connectivity index (χ1v) is 23.7. The van der Waals surface area contributed by atoms with Crippen LogP contribution in [0.25, 0.3) is 0 Å². The molecular weight excluding hydrogens is 689 g/mol. The van der Waals surface area contributed by atoms with E-state index in [9.17, 15) is 24.2 Å². The normalized spacial score (nSPS) is 13.4. The highest BCUT2D eigenvalue weighted by Crippen LogP contribution is 2.42. The van der Waals surface area contributed by atoms with Gasteiger partial charge < -0.3 is 20.1 Å². The van der Waals surface area contributed by atoms with E-state index in [0.717, 1.165) is 57.8 Å². The number of esters is 1. The molecule has 0 radical (unpaired) electrons. The summed E-state index contributed by atoms with van der Waals surface area (Å²) in [6.07, 6.45) is 41.5. The van der Waals surface area contributed by atoms with E-state index < -0.39 is 26.5 Å². The summed E-state index contributed by atoms with van der Waals surface area (Å²) in [6, 6.07) is 0. The fourth-order valence-electron chi connectivity index (χ4n) is 6.32. The highest BCUT2D eigenvalue weighted by atomic mass is 31.2. The first-order valence-electron chi connectivity index (χ1n) is 22.2. The third-order valence-corrected chi connectivity index (χ3v) is 10.7. The van der Waals surface area contributed by atoms with Crippen LogP contribution in [0.3, 0.4) is 0 Å². The monoisotopic (exact) mass is 774 g/mol. The second-order valence-corrected chi connectivity index (χ2v) is 16.5. The molecule has 3 N–H and O–H groups in total. The van der Waals surface area contributed by atoms with E-state index in [4.69, 9.17) is 13.8 Å². The number of aliphatic hydroxyl groups is 1. The maximum atomic E-state index is 12.1. The van der Waals surface area contributed by atoms with E-state index in [1.165, 1.54) is 135 Å². The molecule has 0 aliphatic heterocycles. The Morgan fingerprint density at radius 2 is 0.962 bits per heavy atom. The van der Waals surface area contributed by atoms with E-state index in [0.29, 0.717) is 6.42 Å². The lowest BCUT2D eigenvalue weighted by Crippen LogP contribution is -2.27. The fourth-order valence-corrected chi connectivity index (χ4v) is 7.07. The molecule has 10 heteroatoms. The molecule has 314 valence electrons. The summed E-state index contributed by atoms with van der Waals surface area (Å²) in [4.78, 5) is 33.9. The van der Waals surface area contributed by atoms with Gasteiger partial charge in [-0.2, -0.15) is 0 Å². The van der Waals surface area contributed by atoms with Crippen LogP contribution in [-0.4, -0.2) is 54.3 Å². The third kappa shape index (κ3) is 41.7. The number of allylic oxidation sites excluding steroid dienone is 2. The highest BCUT2D eigenvalue weighted by Gasteiger charge is 2.23. The Morgan fingerprint density at radius 3 is 1.45 bits per heavy atom. The van der Waals surface area contributed by atoms with Gasteiger partial charge in [0.1, 0.15) is 12.7 Å². The van der Waals surface area contributed by atoms with Gasteiger partial charge >= 0.3 is 13.8 Å². The Morgan fingerprint density at radius 1 is 0.566 bits per heavy atom. The number of aliphatic hydroxyl groups excluding tert-OH is 1. The van der Waals surface area contributed by atoms with E-state index in [-0.39, 0.29) is 32.1 Å². The number of hydrogen-bond acceptors (Lipinski definition) is 7. The molecule has 0 spiro atoms. The van der Waals surface area contributed by atoms with Gasteiger partial charge in [0.05, 0.1) is 13.2 Å². The van der Waals surface area contributed by atoms with Gasteiger partial charge in [-0.05, 0) is 38.5 Å². The molecule has 0 saturated heterocycles. The summed E-state index contributed by atoms with van der Waals surface area (Å²) in [7, 11) is -4.41. The molecule has 0 bridgehead atoms. The zero-order valence-corrected chi connectivity index (χ0v) is 35.4.